The topological polar surface area (TPSA) is 67.6 Å². The third-order valence-electron chi connectivity index (χ3n) is 4.77. The first-order valence-electron chi connectivity index (χ1n) is 7.86. The minimum atomic E-state index is -0.511. The lowest BCUT2D eigenvalue weighted by Gasteiger charge is -2.44. The summed E-state index contributed by atoms with van der Waals surface area (Å²) in [6.45, 7) is 1.68. The Balaban J connectivity index is 1.59. The van der Waals surface area contributed by atoms with Gasteiger partial charge in [0, 0.05) is 42.9 Å². The largest absolute Gasteiger partial charge is 0.438 e. The van der Waals surface area contributed by atoms with Crippen molar-refractivity contribution in [3.8, 4) is 0 Å². The Hall–Kier alpha value is -2.69. The number of carbonyl (C=O) groups excluding carboxylic acids is 1. The van der Waals surface area contributed by atoms with Crippen LogP contribution in [-0.4, -0.2) is 19.2 Å². The first kappa shape index (κ1) is 13.9. The number of carbonyl (C=O) groups is 1. The Kier molecular flexibility index (Phi) is 3.15. The molecular formula is C18H19N3O2. The second-order valence-electron chi connectivity index (χ2n) is 6.13. The van der Waals surface area contributed by atoms with Crippen LogP contribution in [0.2, 0.25) is 0 Å². The van der Waals surface area contributed by atoms with E-state index in [2.05, 4.69) is 10.2 Å². The molecule has 4 rings (SSSR count). The fraction of sp³-hybridized carbons (Fsp3) is 0.278. The van der Waals surface area contributed by atoms with Crippen LogP contribution in [0.1, 0.15) is 18.4 Å². The monoisotopic (exact) mass is 309 g/mol. The highest BCUT2D eigenvalue weighted by Crippen LogP contribution is 2.43. The zero-order valence-electron chi connectivity index (χ0n) is 12.8. The van der Waals surface area contributed by atoms with Gasteiger partial charge in [-0.1, -0.05) is 18.2 Å². The van der Waals surface area contributed by atoms with Gasteiger partial charge in [0.2, 0.25) is 0 Å². The zero-order chi connectivity index (χ0) is 15.9. The van der Waals surface area contributed by atoms with E-state index in [9.17, 15) is 4.79 Å². The van der Waals surface area contributed by atoms with Crippen molar-refractivity contribution in [1.29, 1.82) is 0 Å². The second kappa shape index (κ2) is 5.19. The molecule has 2 aliphatic rings. The molecule has 0 radical (unpaired) electrons. The lowest BCUT2D eigenvalue weighted by atomic mass is 9.82. The molecular weight excluding hydrogens is 290 g/mol. The molecule has 3 N–H and O–H groups in total. The molecule has 1 fully saturated rings. The second-order valence-corrected chi connectivity index (χ2v) is 6.13. The van der Waals surface area contributed by atoms with Crippen LogP contribution < -0.4 is 16.0 Å². The first-order valence-corrected chi connectivity index (χ1v) is 7.86. The minimum absolute atomic E-state index is 0.357. The van der Waals surface area contributed by atoms with E-state index in [4.69, 9.17) is 10.5 Å². The van der Waals surface area contributed by atoms with Crippen LogP contribution in [-0.2, 0) is 10.3 Å². The quantitative estimate of drug-likeness (QED) is 0.793. The summed E-state index contributed by atoms with van der Waals surface area (Å²) in [6.07, 6.45) is 1.20. The number of para-hydroxylation sites is 1. The molecule has 1 saturated heterocycles. The van der Waals surface area contributed by atoms with Crippen molar-refractivity contribution in [1.82, 2.24) is 0 Å². The molecule has 2 aliphatic heterocycles. The van der Waals surface area contributed by atoms with E-state index in [1.54, 1.807) is 0 Å². The lowest BCUT2D eigenvalue weighted by Crippen LogP contribution is -2.48. The number of nitrogen functional groups attached to an aromatic ring is 1. The molecule has 0 aromatic heterocycles. The van der Waals surface area contributed by atoms with Crippen molar-refractivity contribution in [2.24, 2.45) is 0 Å². The number of anilines is 3. The van der Waals surface area contributed by atoms with Crippen molar-refractivity contribution in [2.75, 3.05) is 29.0 Å². The van der Waals surface area contributed by atoms with Gasteiger partial charge in [-0.2, -0.15) is 0 Å². The third kappa shape index (κ3) is 2.38. The Morgan fingerprint density at radius 2 is 1.74 bits per heavy atom. The molecule has 0 saturated carbocycles. The van der Waals surface area contributed by atoms with Crippen LogP contribution in [0.3, 0.4) is 0 Å². The maximum atomic E-state index is 11.9. The van der Waals surface area contributed by atoms with E-state index in [1.807, 2.05) is 48.5 Å². The Morgan fingerprint density at radius 1 is 1.04 bits per heavy atom. The summed E-state index contributed by atoms with van der Waals surface area (Å²) < 4.78 is 5.75. The standard InChI is InChI=1S/C18H19N3O2/c19-13-5-7-14(8-6-13)21-11-9-18(10-12-21)15-3-1-2-4-16(15)20-17(22)23-18/h1-8H,9-12,19H2,(H,20,22). The van der Waals surface area contributed by atoms with E-state index in [1.165, 1.54) is 0 Å². The number of nitrogens with two attached hydrogens (primary N) is 1. The van der Waals surface area contributed by atoms with Crippen LogP contribution in [0.15, 0.2) is 48.5 Å². The average molecular weight is 309 g/mol. The summed E-state index contributed by atoms with van der Waals surface area (Å²) in [5.41, 5.74) is 9.11. The lowest BCUT2D eigenvalue weighted by molar-refractivity contribution is -0.00801. The van der Waals surface area contributed by atoms with Crippen molar-refractivity contribution >= 4 is 23.2 Å². The van der Waals surface area contributed by atoms with Crippen LogP contribution >= 0.6 is 0 Å². The highest BCUT2D eigenvalue weighted by molar-refractivity contribution is 5.88. The number of hydrogen-bond donors (Lipinski definition) is 2. The van der Waals surface area contributed by atoms with Crippen LogP contribution in [0.5, 0.6) is 0 Å². The van der Waals surface area contributed by atoms with Crippen LogP contribution in [0.25, 0.3) is 0 Å². The molecule has 0 unspecified atom stereocenters. The van der Waals surface area contributed by atoms with Crippen molar-refractivity contribution < 1.29 is 9.53 Å². The molecule has 1 spiro atoms. The first-order chi connectivity index (χ1) is 11.2. The fourth-order valence-corrected chi connectivity index (χ4v) is 3.54. The number of rotatable bonds is 1. The average Bonchev–Trinajstić information content (AvgIpc) is 2.56. The van der Waals surface area contributed by atoms with Gasteiger partial charge < -0.3 is 15.4 Å². The molecule has 118 valence electrons. The minimum Gasteiger partial charge on any atom is -0.438 e. The van der Waals surface area contributed by atoms with Gasteiger partial charge in [0.15, 0.2) is 0 Å². The molecule has 23 heavy (non-hydrogen) atoms. The predicted octanol–water partition coefficient (Wildman–Crippen LogP) is 3.33. The Labute approximate surface area is 135 Å². The summed E-state index contributed by atoms with van der Waals surface area (Å²) in [5, 5.41) is 2.79. The summed E-state index contributed by atoms with van der Waals surface area (Å²) >= 11 is 0. The number of nitrogens with one attached hydrogen (secondary N) is 1. The molecule has 5 nitrogen and oxygen atoms in total. The van der Waals surface area contributed by atoms with Gasteiger partial charge in [0.05, 0.1) is 5.69 Å². The van der Waals surface area contributed by atoms with E-state index >= 15 is 0 Å². The van der Waals surface area contributed by atoms with Crippen molar-refractivity contribution in [3.05, 3.63) is 54.1 Å². The Morgan fingerprint density at radius 3 is 2.48 bits per heavy atom. The van der Waals surface area contributed by atoms with E-state index < -0.39 is 5.60 Å². The molecule has 0 aliphatic carbocycles. The van der Waals surface area contributed by atoms with E-state index in [0.29, 0.717) is 0 Å². The van der Waals surface area contributed by atoms with Gasteiger partial charge in [-0.15, -0.1) is 0 Å². The van der Waals surface area contributed by atoms with Gasteiger partial charge in [-0.3, -0.25) is 5.32 Å². The SMILES string of the molecule is Nc1ccc(N2CCC3(CC2)OC(=O)Nc2ccccc23)cc1. The molecule has 1 amide bonds. The van der Waals surface area contributed by atoms with Gasteiger partial charge >= 0.3 is 6.09 Å². The van der Waals surface area contributed by atoms with Gasteiger partial charge in [-0.25, -0.2) is 4.79 Å². The number of nitrogens with zero attached hydrogens (tertiary/aromatic N) is 1. The van der Waals surface area contributed by atoms with E-state index in [-0.39, 0.29) is 6.09 Å². The maximum Gasteiger partial charge on any atom is 0.412 e. The third-order valence-corrected chi connectivity index (χ3v) is 4.77. The number of hydrogen-bond acceptors (Lipinski definition) is 4. The van der Waals surface area contributed by atoms with Crippen LogP contribution in [0.4, 0.5) is 21.9 Å². The number of fused-ring (bicyclic) bond motifs is 2. The van der Waals surface area contributed by atoms with Gasteiger partial charge in [-0.05, 0) is 30.3 Å². The highest BCUT2D eigenvalue weighted by Gasteiger charge is 2.44. The number of benzene rings is 2. The van der Waals surface area contributed by atoms with Gasteiger partial charge in [0.1, 0.15) is 5.60 Å². The number of ether oxygens (including phenoxy) is 1. The normalized spacial score (nSPS) is 19.0. The predicted molar refractivity (Wildman–Crippen MR) is 90.5 cm³/mol. The Bertz CT molecular complexity index is 734. The van der Waals surface area contributed by atoms with Crippen LogP contribution in [0, 0.1) is 0 Å². The van der Waals surface area contributed by atoms with Crippen molar-refractivity contribution in [2.45, 2.75) is 18.4 Å². The highest BCUT2D eigenvalue weighted by atomic mass is 16.6. The molecule has 0 bridgehead atoms. The summed E-state index contributed by atoms with van der Waals surface area (Å²) in [6, 6.07) is 15.8. The zero-order valence-corrected chi connectivity index (χ0v) is 12.8. The fourth-order valence-electron chi connectivity index (χ4n) is 3.54. The van der Waals surface area contributed by atoms with Crippen molar-refractivity contribution in [3.63, 3.8) is 0 Å². The number of piperidine rings is 1. The molecule has 5 heteroatoms. The molecule has 2 aromatic carbocycles. The van der Waals surface area contributed by atoms with E-state index in [0.717, 1.165) is 48.6 Å². The summed E-state index contributed by atoms with van der Waals surface area (Å²) in [7, 11) is 0. The summed E-state index contributed by atoms with van der Waals surface area (Å²) in [5.74, 6) is 0. The summed E-state index contributed by atoms with van der Waals surface area (Å²) in [4.78, 5) is 14.2. The molecule has 0 atom stereocenters. The molecule has 2 heterocycles. The maximum absolute atomic E-state index is 11.9. The molecule has 2 aromatic rings. The smallest absolute Gasteiger partial charge is 0.412 e. The number of amides is 1. The van der Waals surface area contributed by atoms with Gasteiger partial charge in [0.25, 0.3) is 0 Å².